The maximum Gasteiger partial charge on any atom is 0.299 e. The molecule has 0 aromatic heterocycles. The van der Waals surface area contributed by atoms with Crippen LogP contribution < -0.4 is 11.1 Å². The standard InChI is InChI=1S/C18H19N5O3/c19-9-11-15(10-5-1-4-8-14(10)24)16(23(25)26)18-21-12-6-2-3-7-13(12)22(18)17(11)20/h1,4-5,8,12-13,15,21,24H,2-3,6-7,20H2. The Bertz CT molecular complexity index is 885. The van der Waals surface area contributed by atoms with Crippen LogP contribution >= 0.6 is 0 Å². The van der Waals surface area contributed by atoms with Crippen molar-refractivity contribution in [3.05, 3.63) is 62.9 Å². The van der Waals surface area contributed by atoms with Gasteiger partial charge in [-0.25, -0.2) is 0 Å². The number of para-hydroxylation sites is 1. The van der Waals surface area contributed by atoms with Gasteiger partial charge in [-0.2, -0.15) is 5.26 Å². The fourth-order valence-electron chi connectivity index (χ4n) is 4.40. The highest BCUT2D eigenvalue weighted by Crippen LogP contribution is 2.46. The molecule has 1 aromatic carbocycles. The highest BCUT2D eigenvalue weighted by atomic mass is 16.6. The van der Waals surface area contributed by atoms with E-state index in [-0.39, 0.29) is 34.9 Å². The summed E-state index contributed by atoms with van der Waals surface area (Å²) in [4.78, 5) is 13.3. The monoisotopic (exact) mass is 353 g/mol. The molecule has 2 fully saturated rings. The van der Waals surface area contributed by atoms with Gasteiger partial charge < -0.3 is 21.1 Å². The van der Waals surface area contributed by atoms with Crippen LogP contribution in [0.4, 0.5) is 0 Å². The molecule has 2 aliphatic heterocycles. The van der Waals surface area contributed by atoms with Gasteiger partial charge in [0.15, 0.2) is 5.82 Å². The molecule has 0 amide bonds. The van der Waals surface area contributed by atoms with Crippen molar-refractivity contribution in [3.63, 3.8) is 0 Å². The highest BCUT2D eigenvalue weighted by molar-refractivity contribution is 5.53. The average molecular weight is 353 g/mol. The molecular weight excluding hydrogens is 334 g/mol. The van der Waals surface area contributed by atoms with Crippen molar-refractivity contribution in [1.29, 1.82) is 5.26 Å². The minimum Gasteiger partial charge on any atom is -0.508 e. The van der Waals surface area contributed by atoms with Crippen molar-refractivity contribution < 1.29 is 10.0 Å². The van der Waals surface area contributed by atoms with Crippen molar-refractivity contribution in [2.24, 2.45) is 5.73 Å². The van der Waals surface area contributed by atoms with E-state index < -0.39 is 10.8 Å². The lowest BCUT2D eigenvalue weighted by Crippen LogP contribution is -2.42. The van der Waals surface area contributed by atoms with E-state index in [0.717, 1.165) is 25.7 Å². The van der Waals surface area contributed by atoms with Crippen LogP contribution in [-0.2, 0) is 0 Å². The van der Waals surface area contributed by atoms with Gasteiger partial charge in [0.05, 0.1) is 22.6 Å². The molecule has 1 saturated carbocycles. The second kappa shape index (κ2) is 5.95. The van der Waals surface area contributed by atoms with Crippen LogP contribution in [0.5, 0.6) is 5.75 Å². The molecule has 3 atom stereocenters. The van der Waals surface area contributed by atoms with Crippen LogP contribution in [0.15, 0.2) is 47.2 Å². The summed E-state index contributed by atoms with van der Waals surface area (Å²) >= 11 is 0. The Hall–Kier alpha value is -3.21. The van der Waals surface area contributed by atoms with E-state index >= 15 is 0 Å². The summed E-state index contributed by atoms with van der Waals surface area (Å²) in [5.74, 6) is -0.503. The van der Waals surface area contributed by atoms with Gasteiger partial charge in [-0.15, -0.1) is 0 Å². The van der Waals surface area contributed by atoms with Gasteiger partial charge in [0.25, 0.3) is 5.70 Å². The molecule has 4 N–H and O–H groups in total. The number of nitrogens with one attached hydrogen (secondary N) is 1. The van der Waals surface area contributed by atoms with E-state index in [9.17, 15) is 20.5 Å². The maximum atomic E-state index is 12.0. The number of fused-ring (bicyclic) bond motifs is 3. The Kier molecular flexibility index (Phi) is 3.72. The van der Waals surface area contributed by atoms with Crippen LogP contribution in [0, 0.1) is 21.4 Å². The van der Waals surface area contributed by atoms with E-state index in [4.69, 9.17) is 5.73 Å². The number of phenolic OH excluding ortho intramolecular Hbond substituents is 1. The Balaban J connectivity index is 1.95. The lowest BCUT2D eigenvalue weighted by atomic mass is 9.85. The molecule has 4 rings (SSSR count). The molecule has 1 saturated heterocycles. The minimum atomic E-state index is -1.00. The molecule has 1 aliphatic carbocycles. The predicted molar refractivity (Wildman–Crippen MR) is 92.7 cm³/mol. The first kappa shape index (κ1) is 16.3. The number of nitriles is 1. The van der Waals surface area contributed by atoms with Crippen LogP contribution in [0.2, 0.25) is 0 Å². The van der Waals surface area contributed by atoms with E-state index in [1.807, 2.05) is 0 Å². The summed E-state index contributed by atoms with van der Waals surface area (Å²) in [5.41, 5.74) is 6.61. The first-order valence-electron chi connectivity index (χ1n) is 8.66. The molecule has 8 nitrogen and oxygen atoms in total. The Morgan fingerprint density at radius 2 is 2.08 bits per heavy atom. The van der Waals surface area contributed by atoms with Gasteiger partial charge >= 0.3 is 0 Å². The SMILES string of the molecule is N#CC1=C(N)N2C(=C([N+](=O)[O-])C1c1ccccc1O)NC1CCCCC12. The van der Waals surface area contributed by atoms with Gasteiger partial charge in [0, 0.05) is 11.6 Å². The number of rotatable bonds is 2. The summed E-state index contributed by atoms with van der Waals surface area (Å²) < 4.78 is 0. The smallest absolute Gasteiger partial charge is 0.299 e. The number of nitrogens with zero attached hydrogens (tertiary/aromatic N) is 3. The van der Waals surface area contributed by atoms with Crippen molar-refractivity contribution in [1.82, 2.24) is 10.2 Å². The number of aromatic hydroxyl groups is 1. The van der Waals surface area contributed by atoms with Crippen LogP contribution in [-0.4, -0.2) is 27.0 Å². The number of phenols is 1. The number of hydrogen-bond donors (Lipinski definition) is 3. The summed E-state index contributed by atoms with van der Waals surface area (Å²) in [6, 6.07) is 8.51. The Morgan fingerprint density at radius 3 is 2.77 bits per heavy atom. The number of nitro groups is 1. The molecule has 1 aromatic rings. The molecular formula is C18H19N5O3. The molecule has 0 radical (unpaired) electrons. The van der Waals surface area contributed by atoms with Gasteiger partial charge in [0.2, 0.25) is 0 Å². The first-order valence-corrected chi connectivity index (χ1v) is 8.66. The quantitative estimate of drug-likeness (QED) is 0.546. The third-order valence-electron chi connectivity index (χ3n) is 5.53. The van der Waals surface area contributed by atoms with E-state index in [1.165, 1.54) is 6.07 Å². The normalized spacial score (nSPS) is 27.5. The van der Waals surface area contributed by atoms with Gasteiger partial charge in [-0.1, -0.05) is 31.0 Å². The zero-order chi connectivity index (χ0) is 18.4. The molecule has 3 aliphatic rings. The molecule has 2 heterocycles. The lowest BCUT2D eigenvalue weighted by Gasteiger charge is -2.34. The number of nitrogens with two attached hydrogens (primary N) is 1. The van der Waals surface area contributed by atoms with Crippen LogP contribution in [0.3, 0.4) is 0 Å². The first-order chi connectivity index (χ1) is 12.5. The van der Waals surface area contributed by atoms with Crippen molar-refractivity contribution >= 4 is 0 Å². The second-order valence-corrected chi connectivity index (χ2v) is 6.87. The van der Waals surface area contributed by atoms with Crippen LogP contribution in [0.1, 0.15) is 37.2 Å². The second-order valence-electron chi connectivity index (χ2n) is 6.87. The van der Waals surface area contributed by atoms with E-state index in [0.29, 0.717) is 11.4 Å². The van der Waals surface area contributed by atoms with Crippen molar-refractivity contribution in [3.8, 4) is 11.8 Å². The average Bonchev–Trinajstić information content (AvgIpc) is 3.01. The zero-order valence-electron chi connectivity index (χ0n) is 14.1. The molecule has 0 spiro atoms. The van der Waals surface area contributed by atoms with Gasteiger partial charge in [-0.05, 0) is 18.9 Å². The fraction of sp³-hybridized carbons (Fsp3) is 0.389. The number of hydrogen-bond acceptors (Lipinski definition) is 7. The van der Waals surface area contributed by atoms with Crippen molar-refractivity contribution in [2.45, 2.75) is 43.7 Å². The summed E-state index contributed by atoms with van der Waals surface area (Å²) in [7, 11) is 0. The molecule has 134 valence electrons. The molecule has 3 unspecified atom stereocenters. The number of allylic oxidation sites excluding steroid dienone is 1. The minimum absolute atomic E-state index is 0.0161. The largest absolute Gasteiger partial charge is 0.508 e. The third kappa shape index (κ3) is 2.20. The Morgan fingerprint density at radius 1 is 1.35 bits per heavy atom. The number of benzene rings is 1. The van der Waals surface area contributed by atoms with Crippen LogP contribution in [0.25, 0.3) is 0 Å². The Labute approximate surface area is 150 Å². The van der Waals surface area contributed by atoms with E-state index in [2.05, 4.69) is 11.4 Å². The van der Waals surface area contributed by atoms with Gasteiger partial charge in [0.1, 0.15) is 17.5 Å². The molecule has 8 heteroatoms. The summed E-state index contributed by atoms with van der Waals surface area (Å²) in [6.07, 6.45) is 3.86. The lowest BCUT2D eigenvalue weighted by molar-refractivity contribution is -0.432. The van der Waals surface area contributed by atoms with Gasteiger partial charge in [-0.3, -0.25) is 10.1 Å². The highest BCUT2D eigenvalue weighted by Gasteiger charge is 2.51. The predicted octanol–water partition coefficient (Wildman–Crippen LogP) is 1.85. The maximum absolute atomic E-state index is 12.0. The topological polar surface area (TPSA) is 128 Å². The molecule has 0 bridgehead atoms. The summed E-state index contributed by atoms with van der Waals surface area (Å²) in [5, 5.41) is 35.3. The van der Waals surface area contributed by atoms with Crippen molar-refractivity contribution in [2.75, 3.05) is 0 Å². The third-order valence-corrected chi connectivity index (χ3v) is 5.53. The molecule has 26 heavy (non-hydrogen) atoms. The van der Waals surface area contributed by atoms with E-state index in [1.54, 1.807) is 23.1 Å². The zero-order valence-corrected chi connectivity index (χ0v) is 14.1. The fourth-order valence-corrected chi connectivity index (χ4v) is 4.40. The summed E-state index contributed by atoms with van der Waals surface area (Å²) in [6.45, 7) is 0.